The molecule has 3 nitrogen and oxygen atoms in total. The minimum atomic E-state index is 0.356. The number of hydrogen-bond acceptors (Lipinski definition) is 2. The van der Waals surface area contributed by atoms with E-state index in [4.69, 9.17) is 0 Å². The van der Waals surface area contributed by atoms with Crippen LogP contribution in [0.3, 0.4) is 0 Å². The Morgan fingerprint density at radius 1 is 0.900 bits per heavy atom. The van der Waals surface area contributed by atoms with Crippen LogP contribution >= 0.6 is 0 Å². The van der Waals surface area contributed by atoms with Crippen LogP contribution in [0.2, 0.25) is 0 Å². The van der Waals surface area contributed by atoms with Crippen LogP contribution in [0.25, 0.3) is 0 Å². The molecule has 120 valence electrons. The lowest BCUT2D eigenvalue weighted by Gasteiger charge is -2.46. The molecule has 2 heterocycles. The van der Waals surface area contributed by atoms with Gasteiger partial charge in [-0.15, -0.1) is 0 Å². The van der Waals surface area contributed by atoms with Gasteiger partial charge in [-0.25, -0.2) is 0 Å². The average molecular weight is 284 g/mol. The van der Waals surface area contributed by atoms with Crippen LogP contribution in [0.1, 0.15) is 67.2 Å². The Morgan fingerprint density at radius 2 is 1.40 bits per heavy atom. The zero-order valence-electron chi connectivity index (χ0n) is 14.7. The summed E-state index contributed by atoms with van der Waals surface area (Å²) in [6, 6.07) is 0. The summed E-state index contributed by atoms with van der Waals surface area (Å²) in [6.07, 6.45) is 4.48. The smallest absolute Gasteiger partial charge is 0.223 e. The molecule has 1 spiro atoms. The lowest BCUT2D eigenvalue weighted by Crippen LogP contribution is -2.49. The van der Waals surface area contributed by atoms with E-state index >= 15 is 0 Å². The predicted molar refractivity (Wildman–Crippen MR) is 88.0 cm³/mol. The molecule has 1 amide bonds. The highest BCUT2D eigenvalue weighted by Gasteiger charge is 2.40. The Morgan fingerprint density at radius 3 is 1.80 bits per heavy atom. The largest absolute Gasteiger partial charge is 0.343 e. The van der Waals surface area contributed by atoms with Gasteiger partial charge in [-0.1, -0.05) is 34.6 Å². The number of carbonyl (C=O) groups excluding carboxylic acids is 1. The lowest BCUT2D eigenvalue weighted by atomic mass is 9.71. The van der Waals surface area contributed by atoms with Gasteiger partial charge in [0, 0.05) is 19.5 Å². The molecule has 0 N–H and O–H groups in total. The van der Waals surface area contributed by atoms with Gasteiger partial charge < -0.3 is 9.80 Å². The van der Waals surface area contributed by atoms with Crippen molar-refractivity contribution >= 4 is 5.91 Å². The number of amides is 1. The van der Waals surface area contributed by atoms with Crippen LogP contribution in [-0.2, 0) is 4.79 Å². The molecule has 20 heavy (non-hydrogen) atoms. The molecule has 0 bridgehead atoms. The quantitative estimate of drug-likeness (QED) is 0.770. The number of nitrogens with zero attached hydrogens (tertiary/aromatic N) is 2. The lowest BCUT2D eigenvalue weighted by molar-refractivity contribution is -0.139. The molecule has 2 fully saturated rings. The molecule has 0 atom stereocenters. The van der Waals surface area contributed by atoms with Crippen LogP contribution in [0.15, 0.2) is 0 Å². The molecule has 0 aromatic heterocycles. The summed E-state index contributed by atoms with van der Waals surface area (Å²) in [5.74, 6) is 0.388. The SMILES string of the molecule is CC.CC.CCN1CCC2(CC1)CCN(CC)C(=O)C2. The standard InChI is InChI=1S/C13H24N2O.2C2H6/c1-3-14-8-5-13(6-9-14)7-10-15(4-2)12(16)11-13;2*1-2/h3-11H2,1-2H3;2*1-2H3. The van der Waals surface area contributed by atoms with Gasteiger partial charge in [0.05, 0.1) is 0 Å². The van der Waals surface area contributed by atoms with Crippen molar-refractivity contribution in [2.75, 3.05) is 32.7 Å². The molecule has 0 saturated carbocycles. The fourth-order valence-corrected chi connectivity index (χ4v) is 3.12. The normalized spacial score (nSPS) is 21.7. The zero-order valence-corrected chi connectivity index (χ0v) is 14.7. The first-order valence-electron chi connectivity index (χ1n) is 8.69. The van der Waals surface area contributed by atoms with Crippen molar-refractivity contribution in [2.24, 2.45) is 5.41 Å². The van der Waals surface area contributed by atoms with Crippen LogP contribution in [0.4, 0.5) is 0 Å². The molecule has 0 unspecified atom stereocenters. The minimum Gasteiger partial charge on any atom is -0.343 e. The predicted octanol–water partition coefficient (Wildman–Crippen LogP) is 3.78. The van der Waals surface area contributed by atoms with E-state index in [9.17, 15) is 4.79 Å². The van der Waals surface area contributed by atoms with E-state index in [1.807, 2.05) is 32.6 Å². The third-order valence-electron chi connectivity index (χ3n) is 4.54. The zero-order chi connectivity index (χ0) is 15.6. The summed E-state index contributed by atoms with van der Waals surface area (Å²) in [5.41, 5.74) is 0.356. The molecule has 2 rings (SSSR count). The van der Waals surface area contributed by atoms with E-state index in [1.165, 1.54) is 32.4 Å². The second-order valence-electron chi connectivity index (χ2n) is 5.33. The molecule has 2 aliphatic heterocycles. The van der Waals surface area contributed by atoms with Crippen molar-refractivity contribution in [3.8, 4) is 0 Å². The van der Waals surface area contributed by atoms with E-state index in [2.05, 4.69) is 18.7 Å². The second-order valence-corrected chi connectivity index (χ2v) is 5.33. The van der Waals surface area contributed by atoms with Gasteiger partial charge in [-0.05, 0) is 51.2 Å². The summed E-state index contributed by atoms with van der Waals surface area (Å²) in [6.45, 7) is 17.7. The van der Waals surface area contributed by atoms with Gasteiger partial charge in [0.15, 0.2) is 0 Å². The molecule has 0 radical (unpaired) electrons. The van der Waals surface area contributed by atoms with Gasteiger partial charge in [0.2, 0.25) is 5.91 Å². The summed E-state index contributed by atoms with van der Waals surface area (Å²) >= 11 is 0. The van der Waals surface area contributed by atoms with Crippen molar-refractivity contribution in [3.05, 3.63) is 0 Å². The summed E-state index contributed by atoms with van der Waals surface area (Å²) < 4.78 is 0. The molecular weight excluding hydrogens is 248 g/mol. The molecule has 2 saturated heterocycles. The average Bonchev–Trinajstić information content (AvgIpc) is 2.52. The fourth-order valence-electron chi connectivity index (χ4n) is 3.12. The number of hydrogen-bond donors (Lipinski definition) is 0. The topological polar surface area (TPSA) is 23.6 Å². The molecule has 2 aliphatic rings. The van der Waals surface area contributed by atoms with Crippen molar-refractivity contribution < 1.29 is 4.79 Å². The highest BCUT2D eigenvalue weighted by atomic mass is 16.2. The van der Waals surface area contributed by atoms with Gasteiger partial charge in [0.1, 0.15) is 0 Å². The molecule has 0 aromatic carbocycles. The first-order valence-corrected chi connectivity index (χ1v) is 8.69. The van der Waals surface area contributed by atoms with E-state index in [1.54, 1.807) is 0 Å². The third kappa shape index (κ3) is 5.08. The fraction of sp³-hybridized carbons (Fsp3) is 0.941. The van der Waals surface area contributed by atoms with Crippen LogP contribution in [0.5, 0.6) is 0 Å². The first-order chi connectivity index (χ1) is 9.69. The monoisotopic (exact) mass is 284 g/mol. The second kappa shape index (κ2) is 10.2. The van der Waals surface area contributed by atoms with Gasteiger partial charge in [-0.3, -0.25) is 4.79 Å². The Hall–Kier alpha value is -0.570. The first kappa shape index (κ1) is 19.4. The van der Waals surface area contributed by atoms with E-state index in [-0.39, 0.29) is 0 Å². The Balaban J connectivity index is 0.000000829. The number of piperidine rings is 2. The van der Waals surface area contributed by atoms with Crippen LogP contribution < -0.4 is 0 Å². The van der Waals surface area contributed by atoms with Gasteiger partial charge in [0.25, 0.3) is 0 Å². The van der Waals surface area contributed by atoms with Crippen LogP contribution in [-0.4, -0.2) is 48.4 Å². The van der Waals surface area contributed by atoms with E-state index < -0.39 is 0 Å². The highest BCUT2D eigenvalue weighted by Crippen LogP contribution is 2.41. The number of rotatable bonds is 2. The molecular formula is C17H36N2O. The Kier molecular flexibility index (Phi) is 9.91. The molecule has 0 aliphatic carbocycles. The summed E-state index contributed by atoms with van der Waals surface area (Å²) in [4.78, 5) is 16.5. The number of carbonyl (C=O) groups is 1. The van der Waals surface area contributed by atoms with Crippen LogP contribution in [0, 0.1) is 5.41 Å². The Bertz CT molecular complexity index is 252. The van der Waals surface area contributed by atoms with E-state index in [0.717, 1.165) is 26.1 Å². The van der Waals surface area contributed by atoms with Crippen molar-refractivity contribution in [1.29, 1.82) is 0 Å². The molecule has 3 heteroatoms. The minimum absolute atomic E-state index is 0.356. The maximum atomic E-state index is 12.0. The summed E-state index contributed by atoms with van der Waals surface area (Å²) in [5, 5.41) is 0. The van der Waals surface area contributed by atoms with Gasteiger partial charge >= 0.3 is 0 Å². The van der Waals surface area contributed by atoms with Gasteiger partial charge in [-0.2, -0.15) is 0 Å². The maximum absolute atomic E-state index is 12.0. The van der Waals surface area contributed by atoms with Crippen molar-refractivity contribution in [3.63, 3.8) is 0 Å². The number of likely N-dealkylation sites (tertiary alicyclic amines) is 2. The molecule has 0 aromatic rings. The maximum Gasteiger partial charge on any atom is 0.223 e. The van der Waals surface area contributed by atoms with Crippen molar-refractivity contribution in [1.82, 2.24) is 9.80 Å². The third-order valence-corrected chi connectivity index (χ3v) is 4.54. The van der Waals surface area contributed by atoms with E-state index in [0.29, 0.717) is 11.3 Å². The van der Waals surface area contributed by atoms with Crippen molar-refractivity contribution in [2.45, 2.75) is 67.2 Å². The Labute approximate surface area is 126 Å². The highest BCUT2D eigenvalue weighted by molar-refractivity contribution is 5.77. The summed E-state index contributed by atoms with van der Waals surface area (Å²) in [7, 11) is 0.